The van der Waals surface area contributed by atoms with Gasteiger partial charge in [-0.1, -0.05) is 121 Å². The number of likely N-dealkylation sites (tertiary alicyclic amines) is 1. The molecule has 1 nitrogen and oxygen atoms in total. The fraction of sp³-hybridized carbons (Fsp3) is 0.172. The fourth-order valence-electron chi connectivity index (χ4n) is 4.86. The van der Waals surface area contributed by atoms with E-state index >= 15 is 0 Å². The highest BCUT2D eigenvalue weighted by atomic mass is 31.1. The Morgan fingerprint density at radius 1 is 0.531 bits per heavy atom. The molecule has 0 aromatic heterocycles. The van der Waals surface area contributed by atoms with Crippen LogP contribution in [0.1, 0.15) is 6.42 Å². The molecule has 0 bridgehead atoms. The van der Waals surface area contributed by atoms with Crippen molar-refractivity contribution >= 4 is 37.1 Å². The molecule has 32 heavy (non-hydrogen) atoms. The SMILES string of the molecule is CN1C[C@@H](P(c2ccccc2)c2ccccc2)C[C@@H]1P(c1ccccc1)c1ccccc1. The number of hydrogen-bond acceptors (Lipinski definition) is 1. The molecule has 2 atom stereocenters. The molecular formula is C29H29NP2. The Morgan fingerprint density at radius 3 is 1.25 bits per heavy atom. The molecule has 4 aromatic carbocycles. The van der Waals surface area contributed by atoms with Crippen LogP contribution in [0.25, 0.3) is 0 Å². The summed E-state index contributed by atoms with van der Waals surface area (Å²) in [5.74, 6) is 0.553. The van der Waals surface area contributed by atoms with E-state index in [4.69, 9.17) is 0 Å². The van der Waals surface area contributed by atoms with Gasteiger partial charge < -0.3 is 0 Å². The number of benzene rings is 4. The molecule has 5 rings (SSSR count). The summed E-state index contributed by atoms with van der Waals surface area (Å²) >= 11 is 0. The zero-order valence-electron chi connectivity index (χ0n) is 18.5. The van der Waals surface area contributed by atoms with Crippen LogP contribution >= 0.6 is 15.8 Å². The van der Waals surface area contributed by atoms with Crippen LogP contribution in [-0.4, -0.2) is 29.9 Å². The van der Waals surface area contributed by atoms with E-state index in [0.29, 0.717) is 11.4 Å². The van der Waals surface area contributed by atoms with Crippen LogP contribution in [0.4, 0.5) is 0 Å². The van der Waals surface area contributed by atoms with E-state index in [0.717, 1.165) is 6.54 Å². The van der Waals surface area contributed by atoms with Crippen molar-refractivity contribution in [3.05, 3.63) is 121 Å². The van der Waals surface area contributed by atoms with E-state index in [1.807, 2.05) is 0 Å². The van der Waals surface area contributed by atoms with Crippen molar-refractivity contribution in [1.29, 1.82) is 0 Å². The third-order valence-corrected chi connectivity index (χ3v) is 12.0. The average molecular weight is 454 g/mol. The van der Waals surface area contributed by atoms with Crippen LogP contribution in [0.5, 0.6) is 0 Å². The summed E-state index contributed by atoms with van der Waals surface area (Å²) in [4.78, 5) is 2.65. The minimum Gasteiger partial charge on any atom is -0.298 e. The second-order valence-electron chi connectivity index (χ2n) is 8.39. The molecular weight excluding hydrogens is 424 g/mol. The summed E-state index contributed by atoms with van der Waals surface area (Å²) in [5, 5.41) is 5.96. The Bertz CT molecular complexity index is 1020. The summed E-state index contributed by atoms with van der Waals surface area (Å²) in [7, 11) is 1.50. The van der Waals surface area contributed by atoms with Crippen molar-refractivity contribution in [3.8, 4) is 0 Å². The average Bonchev–Trinajstić information content (AvgIpc) is 3.22. The molecule has 1 fully saturated rings. The summed E-state index contributed by atoms with van der Waals surface area (Å²) in [6.45, 7) is 1.15. The standard InChI is InChI=1S/C29H29NP2/c1-30-23-28(31(24-14-6-2-7-15-24)25-16-8-3-9-17-25)22-29(30)32(26-18-10-4-11-19-26)27-20-12-5-13-21-27/h2-21,28-29H,22-23H2,1H3/t28-,29-/m0/s1. The minimum atomic E-state index is -0.444. The lowest BCUT2D eigenvalue weighted by molar-refractivity contribution is 0.388. The molecule has 4 aromatic rings. The highest BCUT2D eigenvalue weighted by Crippen LogP contribution is 2.52. The van der Waals surface area contributed by atoms with Crippen molar-refractivity contribution in [2.75, 3.05) is 13.6 Å². The van der Waals surface area contributed by atoms with Crippen LogP contribution in [0.2, 0.25) is 0 Å². The van der Waals surface area contributed by atoms with Crippen LogP contribution in [0.15, 0.2) is 121 Å². The summed E-state index contributed by atoms with van der Waals surface area (Å²) in [6, 6.07) is 44.8. The third kappa shape index (κ3) is 4.57. The molecule has 1 saturated heterocycles. The second-order valence-corrected chi connectivity index (χ2v) is 13.3. The van der Waals surface area contributed by atoms with Gasteiger partial charge in [-0.3, -0.25) is 4.90 Å². The molecule has 1 aliphatic rings. The predicted molar refractivity (Wildman–Crippen MR) is 143 cm³/mol. The van der Waals surface area contributed by atoms with Gasteiger partial charge in [-0.25, -0.2) is 0 Å². The lowest BCUT2D eigenvalue weighted by atomic mass is 10.3. The van der Waals surface area contributed by atoms with E-state index in [1.54, 1.807) is 0 Å². The zero-order chi connectivity index (χ0) is 21.8. The van der Waals surface area contributed by atoms with Gasteiger partial charge in [0.05, 0.1) is 0 Å². The van der Waals surface area contributed by atoms with E-state index in [9.17, 15) is 0 Å². The molecule has 0 aliphatic carbocycles. The van der Waals surface area contributed by atoms with Gasteiger partial charge in [0.15, 0.2) is 0 Å². The van der Waals surface area contributed by atoms with Crippen molar-refractivity contribution in [1.82, 2.24) is 4.90 Å². The molecule has 0 spiro atoms. The molecule has 0 N–H and O–H groups in total. The van der Waals surface area contributed by atoms with E-state index in [1.165, 1.54) is 27.6 Å². The molecule has 0 radical (unpaired) electrons. The summed E-state index contributed by atoms with van der Waals surface area (Å²) in [6.07, 6.45) is 1.24. The van der Waals surface area contributed by atoms with Crippen molar-refractivity contribution in [2.45, 2.75) is 17.9 Å². The third-order valence-electron chi connectivity index (χ3n) is 6.29. The van der Waals surface area contributed by atoms with Crippen molar-refractivity contribution < 1.29 is 0 Å². The van der Waals surface area contributed by atoms with Crippen molar-refractivity contribution in [2.24, 2.45) is 0 Å². The first-order valence-corrected chi connectivity index (χ1v) is 14.1. The Labute approximate surface area is 194 Å². The van der Waals surface area contributed by atoms with E-state index < -0.39 is 15.8 Å². The second kappa shape index (κ2) is 10.1. The highest BCUT2D eigenvalue weighted by molar-refractivity contribution is 7.74. The van der Waals surface area contributed by atoms with E-state index in [2.05, 4.69) is 133 Å². The summed E-state index contributed by atoms with van der Waals surface area (Å²) < 4.78 is 0. The maximum absolute atomic E-state index is 2.65. The van der Waals surface area contributed by atoms with Crippen LogP contribution in [0.3, 0.4) is 0 Å². The molecule has 0 unspecified atom stereocenters. The smallest absolute Gasteiger partial charge is 0.0382 e. The van der Waals surface area contributed by atoms with E-state index in [-0.39, 0.29) is 0 Å². The van der Waals surface area contributed by atoms with Crippen LogP contribution in [0, 0.1) is 0 Å². The Morgan fingerprint density at radius 2 is 0.875 bits per heavy atom. The Balaban J connectivity index is 1.52. The molecule has 3 heteroatoms. The topological polar surface area (TPSA) is 3.24 Å². The molecule has 1 aliphatic heterocycles. The first-order chi connectivity index (χ1) is 15.8. The van der Waals surface area contributed by atoms with Crippen LogP contribution in [-0.2, 0) is 0 Å². The quantitative estimate of drug-likeness (QED) is 0.359. The number of nitrogens with zero attached hydrogens (tertiary/aromatic N) is 1. The first kappa shape index (κ1) is 21.5. The maximum atomic E-state index is 2.65. The summed E-state index contributed by atoms with van der Waals surface area (Å²) in [5.41, 5.74) is 0.655. The normalized spacial score (nSPS) is 19.0. The Kier molecular flexibility index (Phi) is 6.80. The van der Waals surface area contributed by atoms with Gasteiger partial charge in [0.25, 0.3) is 0 Å². The van der Waals surface area contributed by atoms with Gasteiger partial charge in [0.1, 0.15) is 0 Å². The maximum Gasteiger partial charge on any atom is 0.0382 e. The largest absolute Gasteiger partial charge is 0.298 e. The van der Waals surface area contributed by atoms with Crippen LogP contribution < -0.4 is 21.2 Å². The number of rotatable bonds is 6. The van der Waals surface area contributed by atoms with Gasteiger partial charge >= 0.3 is 0 Å². The van der Waals surface area contributed by atoms with Gasteiger partial charge in [-0.2, -0.15) is 0 Å². The first-order valence-electron chi connectivity index (χ1n) is 11.3. The lowest BCUT2D eigenvalue weighted by Gasteiger charge is -2.30. The highest BCUT2D eigenvalue weighted by Gasteiger charge is 2.40. The van der Waals surface area contributed by atoms with Gasteiger partial charge in [-0.05, 0) is 50.5 Å². The monoisotopic (exact) mass is 453 g/mol. The predicted octanol–water partition coefficient (Wildman–Crippen LogP) is 5.28. The van der Waals surface area contributed by atoms with Crippen molar-refractivity contribution in [3.63, 3.8) is 0 Å². The fourth-order valence-corrected chi connectivity index (χ4v) is 10.9. The zero-order valence-corrected chi connectivity index (χ0v) is 20.2. The minimum absolute atomic E-state index is 0.399. The molecule has 0 amide bonds. The lowest BCUT2D eigenvalue weighted by Crippen LogP contribution is -2.30. The van der Waals surface area contributed by atoms with Gasteiger partial charge in [0.2, 0.25) is 0 Å². The Hall–Kier alpha value is -2.30. The number of hydrogen-bond donors (Lipinski definition) is 0. The molecule has 1 heterocycles. The molecule has 0 saturated carbocycles. The molecule has 160 valence electrons. The van der Waals surface area contributed by atoms with Gasteiger partial charge in [0, 0.05) is 18.0 Å². The van der Waals surface area contributed by atoms with Gasteiger partial charge in [-0.15, -0.1) is 0 Å².